The summed E-state index contributed by atoms with van der Waals surface area (Å²) in [7, 11) is 0. The summed E-state index contributed by atoms with van der Waals surface area (Å²) in [5.41, 5.74) is 11.3. The number of nitrogens with one attached hydrogen (secondary N) is 1. The van der Waals surface area contributed by atoms with Gasteiger partial charge in [0.25, 0.3) is 0 Å². The van der Waals surface area contributed by atoms with E-state index in [-0.39, 0.29) is 11.8 Å². The number of nitrogens with two attached hydrogens (primary N) is 1. The lowest BCUT2D eigenvalue weighted by Crippen LogP contribution is -2.20. The quantitative estimate of drug-likeness (QED) is 0.569. The second-order valence-corrected chi connectivity index (χ2v) is 8.50. The minimum Gasteiger partial charge on any atom is -0.420 e. The topological polar surface area (TPSA) is 87.7 Å². The molecule has 0 bridgehead atoms. The highest BCUT2D eigenvalue weighted by molar-refractivity contribution is 9.10. The maximum atomic E-state index is 9.78. The van der Waals surface area contributed by atoms with E-state index in [0.717, 1.165) is 33.3 Å². The van der Waals surface area contributed by atoms with Crippen molar-refractivity contribution < 1.29 is 4.74 Å². The van der Waals surface area contributed by atoms with Gasteiger partial charge in [-0.05, 0) is 35.6 Å². The van der Waals surface area contributed by atoms with Gasteiger partial charge in [0.05, 0.1) is 17.2 Å². The summed E-state index contributed by atoms with van der Waals surface area (Å²) >= 11 is 3.47. The Hall–Kier alpha value is -3.04. The predicted molar refractivity (Wildman–Crippen MR) is 116 cm³/mol. The third kappa shape index (κ3) is 3.66. The van der Waals surface area contributed by atoms with Crippen LogP contribution >= 0.6 is 15.9 Å². The molecule has 0 amide bonds. The van der Waals surface area contributed by atoms with Crippen molar-refractivity contribution in [1.29, 1.82) is 5.26 Å². The smallest absolute Gasteiger partial charge is 0.244 e. The van der Waals surface area contributed by atoms with E-state index in [0.29, 0.717) is 17.4 Å². The van der Waals surface area contributed by atoms with Gasteiger partial charge in [-0.2, -0.15) is 5.26 Å². The number of hydrogen-bond acceptors (Lipinski definition) is 4. The molecule has 1 aliphatic heterocycles. The molecule has 29 heavy (non-hydrogen) atoms. The fourth-order valence-electron chi connectivity index (χ4n) is 3.73. The summed E-state index contributed by atoms with van der Waals surface area (Å²) in [6.45, 7) is 4.42. The van der Waals surface area contributed by atoms with Gasteiger partial charge in [0.1, 0.15) is 11.6 Å². The second-order valence-electron chi connectivity index (χ2n) is 7.59. The number of aromatic amines is 1. The van der Waals surface area contributed by atoms with Crippen molar-refractivity contribution in [2.24, 2.45) is 11.7 Å². The first-order valence-electron chi connectivity index (χ1n) is 9.48. The van der Waals surface area contributed by atoms with Crippen LogP contribution < -0.4 is 10.5 Å². The molecule has 0 unspecified atom stereocenters. The molecule has 0 saturated heterocycles. The minimum atomic E-state index is -0.346. The van der Waals surface area contributed by atoms with E-state index in [9.17, 15) is 5.26 Å². The molecule has 6 heteroatoms. The van der Waals surface area contributed by atoms with Gasteiger partial charge in [0.2, 0.25) is 11.8 Å². The number of allylic oxidation sites excluding steroid dienone is 1. The Morgan fingerprint density at radius 2 is 1.86 bits per heavy atom. The Morgan fingerprint density at radius 3 is 2.48 bits per heavy atom. The Morgan fingerprint density at radius 1 is 1.17 bits per heavy atom. The average molecular weight is 449 g/mol. The molecule has 2 aromatic carbocycles. The van der Waals surface area contributed by atoms with Crippen LogP contribution in [0.1, 0.15) is 36.5 Å². The fourth-order valence-corrected chi connectivity index (χ4v) is 4.00. The molecule has 0 saturated carbocycles. The lowest BCUT2D eigenvalue weighted by Gasteiger charge is -2.24. The standard InChI is InChI=1S/C23H21BrN4O/c1-13(2)11-14-3-5-16(6-4-14)21-20-19(15-7-9-17(24)10-8-15)18(12-25)22(26)29-23(20)28-27-21/h3-10,13,19H,11,26H2,1-2H3,(H,27,28)/t19-/m0/s1. The monoisotopic (exact) mass is 448 g/mol. The number of rotatable bonds is 4. The number of hydrogen-bond donors (Lipinski definition) is 2. The third-order valence-corrected chi connectivity index (χ3v) is 5.56. The van der Waals surface area contributed by atoms with Crippen LogP contribution in [-0.2, 0) is 6.42 Å². The summed E-state index contributed by atoms with van der Waals surface area (Å²) in [4.78, 5) is 0. The first-order chi connectivity index (χ1) is 14.0. The van der Waals surface area contributed by atoms with Crippen molar-refractivity contribution in [3.8, 4) is 23.2 Å². The third-order valence-electron chi connectivity index (χ3n) is 5.03. The minimum absolute atomic E-state index is 0.0956. The molecule has 0 aliphatic carbocycles. The largest absolute Gasteiger partial charge is 0.420 e. The molecule has 1 atom stereocenters. The van der Waals surface area contributed by atoms with Crippen LogP contribution in [0.4, 0.5) is 0 Å². The van der Waals surface area contributed by atoms with E-state index in [1.165, 1.54) is 5.56 Å². The summed E-state index contributed by atoms with van der Waals surface area (Å²) < 4.78 is 6.64. The van der Waals surface area contributed by atoms with E-state index in [2.05, 4.69) is 70.3 Å². The highest BCUT2D eigenvalue weighted by Gasteiger charge is 2.35. The van der Waals surface area contributed by atoms with Crippen molar-refractivity contribution >= 4 is 15.9 Å². The molecule has 0 spiro atoms. The first-order valence-corrected chi connectivity index (χ1v) is 10.3. The molecule has 1 aliphatic rings. The van der Waals surface area contributed by atoms with Crippen LogP contribution in [-0.4, -0.2) is 10.2 Å². The predicted octanol–water partition coefficient (Wildman–Crippen LogP) is 5.26. The summed E-state index contributed by atoms with van der Waals surface area (Å²) in [6.07, 6.45) is 1.03. The number of ether oxygens (including phenoxy) is 1. The average Bonchev–Trinajstić information content (AvgIpc) is 3.11. The van der Waals surface area contributed by atoms with E-state index in [1.807, 2.05) is 24.3 Å². The molecule has 5 nitrogen and oxygen atoms in total. The van der Waals surface area contributed by atoms with Crippen LogP contribution in [0.3, 0.4) is 0 Å². The van der Waals surface area contributed by atoms with E-state index in [4.69, 9.17) is 10.5 Å². The number of benzene rings is 2. The van der Waals surface area contributed by atoms with Crippen molar-refractivity contribution in [3.63, 3.8) is 0 Å². The van der Waals surface area contributed by atoms with Gasteiger partial charge >= 0.3 is 0 Å². The van der Waals surface area contributed by atoms with Crippen LogP contribution in [0.2, 0.25) is 0 Å². The zero-order valence-corrected chi connectivity index (χ0v) is 17.8. The molecule has 1 aromatic heterocycles. The van der Waals surface area contributed by atoms with Crippen LogP contribution in [0.5, 0.6) is 5.88 Å². The van der Waals surface area contributed by atoms with Crippen molar-refractivity contribution in [3.05, 3.63) is 81.2 Å². The molecule has 0 fully saturated rings. The SMILES string of the molecule is CC(C)Cc1ccc(-c2[nH]nc3c2[C@@H](c2ccc(Br)cc2)C(C#N)=C(N)O3)cc1. The van der Waals surface area contributed by atoms with Gasteiger partial charge in [0.15, 0.2) is 0 Å². The molecule has 146 valence electrons. The summed E-state index contributed by atoms with van der Waals surface area (Å²) in [5.74, 6) is 0.761. The van der Waals surface area contributed by atoms with E-state index < -0.39 is 0 Å². The lowest BCUT2D eigenvalue weighted by atomic mass is 9.83. The Kier molecular flexibility index (Phi) is 5.16. The zero-order valence-electron chi connectivity index (χ0n) is 16.2. The van der Waals surface area contributed by atoms with Gasteiger partial charge in [-0.15, -0.1) is 5.10 Å². The number of halogens is 1. The number of fused-ring (bicyclic) bond motifs is 1. The van der Waals surface area contributed by atoms with Crippen molar-refractivity contribution in [2.75, 3.05) is 0 Å². The molecular formula is C23H21BrN4O. The second kappa shape index (κ2) is 7.76. The molecule has 3 N–H and O–H groups in total. The van der Waals surface area contributed by atoms with Crippen LogP contribution in [0.15, 0.2) is 64.5 Å². The number of nitrogens with zero attached hydrogens (tertiary/aromatic N) is 2. The first kappa shape index (κ1) is 19.3. The number of H-pyrrole nitrogens is 1. The van der Waals surface area contributed by atoms with Gasteiger partial charge in [0, 0.05) is 10.0 Å². The summed E-state index contributed by atoms with van der Waals surface area (Å²) in [5, 5.41) is 17.2. The van der Waals surface area contributed by atoms with E-state index in [1.54, 1.807) is 0 Å². The molecule has 0 radical (unpaired) electrons. The highest BCUT2D eigenvalue weighted by atomic mass is 79.9. The molecule has 4 rings (SSSR count). The maximum Gasteiger partial charge on any atom is 0.244 e. The van der Waals surface area contributed by atoms with E-state index >= 15 is 0 Å². The van der Waals surface area contributed by atoms with Gasteiger partial charge in [-0.3, -0.25) is 5.10 Å². The molecule has 2 heterocycles. The number of nitriles is 1. The fraction of sp³-hybridized carbons (Fsp3) is 0.217. The van der Waals surface area contributed by atoms with Gasteiger partial charge in [-0.1, -0.05) is 66.2 Å². The number of aromatic nitrogens is 2. The van der Waals surface area contributed by atoms with Crippen molar-refractivity contribution in [2.45, 2.75) is 26.2 Å². The van der Waals surface area contributed by atoms with Gasteiger partial charge in [-0.25, -0.2) is 0 Å². The normalized spacial score (nSPS) is 15.8. The highest BCUT2D eigenvalue weighted by Crippen LogP contribution is 2.45. The van der Waals surface area contributed by atoms with Crippen LogP contribution in [0.25, 0.3) is 11.3 Å². The molecular weight excluding hydrogens is 428 g/mol. The Labute approximate surface area is 178 Å². The maximum absolute atomic E-state index is 9.78. The summed E-state index contributed by atoms with van der Waals surface area (Å²) in [6, 6.07) is 18.5. The lowest BCUT2D eigenvalue weighted by molar-refractivity contribution is 0.379. The Balaban J connectivity index is 1.82. The molecule has 3 aromatic rings. The van der Waals surface area contributed by atoms with Crippen LogP contribution in [0, 0.1) is 17.2 Å². The Bertz CT molecular complexity index is 1110. The van der Waals surface area contributed by atoms with Crippen molar-refractivity contribution in [1.82, 2.24) is 10.2 Å². The van der Waals surface area contributed by atoms with Gasteiger partial charge < -0.3 is 10.5 Å². The zero-order chi connectivity index (χ0) is 20.5.